The molecule has 2 heteroatoms. The van der Waals surface area contributed by atoms with Crippen LogP contribution in [0.15, 0.2) is 24.3 Å². The number of rotatable bonds is 3. The number of unbranched alkanes of at least 4 members (excludes halogenated alkanes) is 1. The molecule has 1 aromatic carbocycles. The van der Waals surface area contributed by atoms with Gasteiger partial charge in [-0.25, -0.2) is 0 Å². The molecule has 0 radical (unpaired) electrons. The Morgan fingerprint density at radius 3 is 2.47 bits per heavy atom. The summed E-state index contributed by atoms with van der Waals surface area (Å²) in [5.74, 6) is 0. The van der Waals surface area contributed by atoms with E-state index in [1.807, 2.05) is 0 Å². The Hall–Kier alpha value is -0.380. The molecule has 0 unspecified atom stereocenters. The second kappa shape index (κ2) is 5.51. The molecule has 1 aliphatic rings. The summed E-state index contributed by atoms with van der Waals surface area (Å²) in [6.45, 7) is 10.3. The zero-order valence-electron chi connectivity index (χ0n) is 11.3. The van der Waals surface area contributed by atoms with Gasteiger partial charge in [-0.2, -0.15) is 4.58 Å². The molecule has 0 saturated heterocycles. The standard InChI is InChI=1S/C15H22N.HI/c1-5-6-11-16-12(2)15(3,4)13-9-7-8-10-14(13)16;/h7-10H,5-6,11H2,1-4H3;1H/q+1;. The lowest BCUT2D eigenvalue weighted by molar-refractivity contribution is -0.439. The number of hydrogen-bond acceptors (Lipinski definition) is 0. The lowest BCUT2D eigenvalue weighted by Gasteiger charge is -2.14. The van der Waals surface area contributed by atoms with Gasteiger partial charge in [-0.05, 0) is 13.8 Å². The van der Waals surface area contributed by atoms with Crippen molar-refractivity contribution in [2.75, 3.05) is 6.54 Å². The normalized spacial score (nSPS) is 16.7. The van der Waals surface area contributed by atoms with Gasteiger partial charge in [0.1, 0.15) is 6.54 Å². The van der Waals surface area contributed by atoms with Crippen molar-refractivity contribution in [3.8, 4) is 0 Å². The van der Waals surface area contributed by atoms with Crippen molar-refractivity contribution in [3.63, 3.8) is 0 Å². The predicted molar refractivity (Wildman–Crippen MR) is 85.3 cm³/mol. The van der Waals surface area contributed by atoms with Gasteiger partial charge in [0.2, 0.25) is 5.69 Å². The molecule has 2 rings (SSSR count). The fourth-order valence-corrected chi connectivity index (χ4v) is 2.55. The Labute approximate surface area is 122 Å². The lowest BCUT2D eigenvalue weighted by atomic mass is 9.82. The maximum absolute atomic E-state index is 2.50. The predicted octanol–water partition coefficient (Wildman–Crippen LogP) is 4.50. The third-order valence-corrected chi connectivity index (χ3v) is 3.91. The molecule has 0 atom stereocenters. The second-order valence-corrected chi connectivity index (χ2v) is 5.23. The fraction of sp³-hybridized carbons (Fsp3) is 0.533. The van der Waals surface area contributed by atoms with Crippen molar-refractivity contribution in [2.24, 2.45) is 0 Å². The van der Waals surface area contributed by atoms with E-state index in [0.29, 0.717) is 0 Å². The summed E-state index contributed by atoms with van der Waals surface area (Å²) in [5, 5.41) is 0. The van der Waals surface area contributed by atoms with Crippen LogP contribution in [0.4, 0.5) is 5.69 Å². The third-order valence-electron chi connectivity index (χ3n) is 3.91. The summed E-state index contributed by atoms with van der Waals surface area (Å²) in [6, 6.07) is 8.82. The van der Waals surface area contributed by atoms with Gasteiger partial charge in [0, 0.05) is 25.0 Å². The highest BCUT2D eigenvalue weighted by atomic mass is 127. The van der Waals surface area contributed by atoms with Gasteiger partial charge in [0.15, 0.2) is 5.71 Å². The summed E-state index contributed by atoms with van der Waals surface area (Å²) >= 11 is 0. The molecule has 0 aliphatic carbocycles. The topological polar surface area (TPSA) is 3.01 Å². The van der Waals surface area contributed by atoms with E-state index in [0.717, 1.165) is 6.54 Å². The Bertz CT molecular complexity index is 432. The maximum atomic E-state index is 2.50. The minimum absolute atomic E-state index is 0. The van der Waals surface area contributed by atoms with Crippen molar-refractivity contribution >= 4 is 35.4 Å². The van der Waals surface area contributed by atoms with Crippen LogP contribution in [0.1, 0.15) is 46.1 Å². The molecule has 0 fully saturated rings. The van der Waals surface area contributed by atoms with E-state index >= 15 is 0 Å². The minimum Gasteiger partial charge on any atom is -0.199 e. The van der Waals surface area contributed by atoms with Crippen LogP contribution in [0.3, 0.4) is 0 Å². The number of halogens is 1. The molecule has 94 valence electrons. The molecule has 0 spiro atoms. The van der Waals surface area contributed by atoms with E-state index in [9.17, 15) is 0 Å². The van der Waals surface area contributed by atoms with E-state index in [1.54, 1.807) is 0 Å². The lowest BCUT2D eigenvalue weighted by Crippen LogP contribution is -2.26. The second-order valence-electron chi connectivity index (χ2n) is 5.23. The van der Waals surface area contributed by atoms with Crippen LogP contribution >= 0.6 is 24.0 Å². The zero-order valence-corrected chi connectivity index (χ0v) is 13.6. The SMILES string of the molecule is CCCC[N+]1=C(C)C(C)(C)c2ccccc21.I. The van der Waals surface area contributed by atoms with Crippen molar-refractivity contribution in [3.05, 3.63) is 29.8 Å². The van der Waals surface area contributed by atoms with Gasteiger partial charge in [0.25, 0.3) is 0 Å². The van der Waals surface area contributed by atoms with E-state index in [-0.39, 0.29) is 29.4 Å². The summed E-state index contributed by atoms with van der Waals surface area (Å²) in [5.41, 5.74) is 4.58. The number of para-hydroxylation sites is 1. The van der Waals surface area contributed by atoms with Crippen LogP contribution < -0.4 is 0 Å². The summed E-state index contributed by atoms with van der Waals surface area (Å²) in [7, 11) is 0. The molecule has 0 aromatic heterocycles. The highest BCUT2D eigenvalue weighted by Gasteiger charge is 2.42. The largest absolute Gasteiger partial charge is 0.209 e. The van der Waals surface area contributed by atoms with Gasteiger partial charge in [-0.15, -0.1) is 24.0 Å². The Morgan fingerprint density at radius 2 is 1.82 bits per heavy atom. The van der Waals surface area contributed by atoms with Gasteiger partial charge >= 0.3 is 0 Å². The molecule has 17 heavy (non-hydrogen) atoms. The van der Waals surface area contributed by atoms with E-state index in [2.05, 4.69) is 56.5 Å². The maximum Gasteiger partial charge on any atom is 0.209 e. The first-order valence-corrected chi connectivity index (χ1v) is 6.30. The Kier molecular flexibility index (Phi) is 4.76. The molecule has 1 aliphatic heterocycles. The molecule has 0 saturated carbocycles. The van der Waals surface area contributed by atoms with Gasteiger partial charge < -0.3 is 0 Å². The summed E-state index contributed by atoms with van der Waals surface area (Å²) < 4.78 is 2.50. The molecular formula is C15H23IN+. The van der Waals surface area contributed by atoms with Crippen LogP contribution in [0, 0.1) is 0 Å². The summed E-state index contributed by atoms with van der Waals surface area (Å²) in [6.07, 6.45) is 2.52. The number of hydrogen-bond donors (Lipinski definition) is 0. The van der Waals surface area contributed by atoms with E-state index in [1.165, 1.54) is 29.8 Å². The van der Waals surface area contributed by atoms with E-state index in [4.69, 9.17) is 0 Å². The third kappa shape index (κ3) is 2.42. The van der Waals surface area contributed by atoms with Crippen LogP contribution in [-0.4, -0.2) is 16.8 Å². The first-order valence-electron chi connectivity index (χ1n) is 6.30. The molecular weight excluding hydrogens is 321 g/mol. The van der Waals surface area contributed by atoms with Crippen molar-refractivity contribution in [1.82, 2.24) is 0 Å². The van der Waals surface area contributed by atoms with Crippen LogP contribution in [0.5, 0.6) is 0 Å². The number of fused-ring (bicyclic) bond motifs is 1. The van der Waals surface area contributed by atoms with Crippen LogP contribution in [0.2, 0.25) is 0 Å². The average molecular weight is 344 g/mol. The van der Waals surface area contributed by atoms with Gasteiger partial charge in [0.05, 0.1) is 5.41 Å². The first-order chi connectivity index (χ1) is 7.59. The molecule has 0 amide bonds. The van der Waals surface area contributed by atoms with Crippen molar-refractivity contribution in [2.45, 2.75) is 46.0 Å². The van der Waals surface area contributed by atoms with Crippen LogP contribution in [0.25, 0.3) is 0 Å². The Morgan fingerprint density at radius 1 is 1.18 bits per heavy atom. The molecule has 0 bridgehead atoms. The molecule has 1 heterocycles. The number of benzene rings is 1. The average Bonchev–Trinajstić information content (AvgIpc) is 2.47. The Balaban J connectivity index is 0.00000144. The van der Waals surface area contributed by atoms with Crippen LogP contribution in [-0.2, 0) is 5.41 Å². The van der Waals surface area contributed by atoms with Crippen molar-refractivity contribution in [1.29, 1.82) is 0 Å². The number of nitrogens with zero attached hydrogens (tertiary/aromatic N) is 1. The molecule has 1 nitrogen and oxygen atoms in total. The van der Waals surface area contributed by atoms with E-state index < -0.39 is 0 Å². The highest BCUT2D eigenvalue weighted by molar-refractivity contribution is 14.0. The van der Waals surface area contributed by atoms with Gasteiger partial charge in [-0.3, -0.25) is 0 Å². The fourth-order valence-electron chi connectivity index (χ4n) is 2.55. The monoisotopic (exact) mass is 344 g/mol. The molecule has 1 aromatic rings. The van der Waals surface area contributed by atoms with Crippen molar-refractivity contribution < 1.29 is 4.58 Å². The summed E-state index contributed by atoms with van der Waals surface area (Å²) in [4.78, 5) is 0. The smallest absolute Gasteiger partial charge is 0.199 e. The molecule has 0 N–H and O–H groups in total. The quantitative estimate of drug-likeness (QED) is 0.561. The van der Waals surface area contributed by atoms with Gasteiger partial charge in [-0.1, -0.05) is 31.5 Å². The first kappa shape index (κ1) is 14.7. The highest BCUT2D eigenvalue weighted by Crippen LogP contribution is 2.39. The minimum atomic E-state index is 0. The zero-order chi connectivity index (χ0) is 11.8.